The molecular formula is C18H18N2O2. The third-order valence-electron chi connectivity index (χ3n) is 4.39. The Hall–Kier alpha value is -2.49. The molecule has 4 heteroatoms. The number of nitrogens with one attached hydrogen (secondary N) is 1. The van der Waals surface area contributed by atoms with E-state index in [4.69, 9.17) is 4.74 Å². The lowest BCUT2D eigenvalue weighted by atomic mass is 10.0. The number of benzene rings is 2. The molecule has 0 saturated heterocycles. The van der Waals surface area contributed by atoms with Crippen molar-refractivity contribution in [2.75, 3.05) is 18.1 Å². The molecule has 2 aromatic rings. The van der Waals surface area contributed by atoms with Crippen molar-refractivity contribution in [2.24, 2.45) is 0 Å². The van der Waals surface area contributed by atoms with Crippen LogP contribution < -0.4 is 15.0 Å². The highest BCUT2D eigenvalue weighted by atomic mass is 16.5. The number of hydrogen-bond acceptors (Lipinski definition) is 2. The molecule has 2 aromatic carbocycles. The Labute approximate surface area is 129 Å². The molecule has 4 nitrogen and oxygen atoms in total. The van der Waals surface area contributed by atoms with Gasteiger partial charge in [-0.15, -0.1) is 0 Å². The summed E-state index contributed by atoms with van der Waals surface area (Å²) in [7, 11) is 0. The van der Waals surface area contributed by atoms with E-state index in [1.54, 1.807) is 0 Å². The Morgan fingerprint density at radius 1 is 1.14 bits per heavy atom. The summed E-state index contributed by atoms with van der Waals surface area (Å²) in [5.41, 5.74) is 3.33. The minimum atomic E-state index is -0.0216. The van der Waals surface area contributed by atoms with E-state index in [2.05, 4.69) is 11.4 Å². The van der Waals surface area contributed by atoms with Gasteiger partial charge in [-0.25, -0.2) is 4.79 Å². The molecule has 0 aromatic heterocycles. The molecule has 0 fully saturated rings. The molecule has 2 amide bonds. The highest BCUT2D eigenvalue weighted by Gasteiger charge is 2.28. The average Bonchev–Trinajstić information content (AvgIpc) is 2.99. The third-order valence-corrected chi connectivity index (χ3v) is 4.39. The van der Waals surface area contributed by atoms with E-state index in [0.29, 0.717) is 6.61 Å². The number of nitrogens with zero attached hydrogens (tertiary/aromatic N) is 1. The minimum absolute atomic E-state index is 0.0187. The fraction of sp³-hybridized carbons (Fsp3) is 0.278. The van der Waals surface area contributed by atoms with Crippen LogP contribution in [0, 0.1) is 0 Å². The van der Waals surface area contributed by atoms with Gasteiger partial charge in [0.25, 0.3) is 0 Å². The molecule has 2 aliphatic heterocycles. The lowest BCUT2D eigenvalue weighted by molar-refractivity contribution is 0.228. The van der Waals surface area contributed by atoms with Crippen LogP contribution in [0.15, 0.2) is 48.5 Å². The summed E-state index contributed by atoms with van der Waals surface area (Å²) in [4.78, 5) is 14.5. The molecule has 0 saturated carbocycles. The largest absolute Gasteiger partial charge is 0.493 e. The number of hydrogen-bond donors (Lipinski definition) is 1. The maximum Gasteiger partial charge on any atom is 0.322 e. The van der Waals surface area contributed by atoms with Gasteiger partial charge in [-0.2, -0.15) is 0 Å². The van der Waals surface area contributed by atoms with Crippen molar-refractivity contribution in [3.63, 3.8) is 0 Å². The Bertz CT molecular complexity index is 714. The zero-order valence-corrected chi connectivity index (χ0v) is 12.3. The molecule has 0 bridgehead atoms. The van der Waals surface area contributed by atoms with Gasteiger partial charge in [0.2, 0.25) is 0 Å². The molecule has 2 aliphatic rings. The lowest BCUT2D eigenvalue weighted by Crippen LogP contribution is -2.42. The number of carbonyl (C=O) groups is 1. The number of anilines is 1. The topological polar surface area (TPSA) is 41.6 Å². The maximum atomic E-state index is 12.7. The van der Waals surface area contributed by atoms with Gasteiger partial charge in [0.1, 0.15) is 5.75 Å². The highest BCUT2D eigenvalue weighted by molar-refractivity contribution is 5.94. The summed E-state index contributed by atoms with van der Waals surface area (Å²) in [5, 5.41) is 3.16. The molecule has 2 heterocycles. The molecule has 0 spiro atoms. The normalized spacial score (nSPS) is 19.1. The van der Waals surface area contributed by atoms with Crippen molar-refractivity contribution >= 4 is 11.7 Å². The quantitative estimate of drug-likeness (QED) is 0.877. The highest BCUT2D eigenvalue weighted by Crippen LogP contribution is 2.33. The predicted molar refractivity (Wildman–Crippen MR) is 85.3 cm³/mol. The maximum absolute atomic E-state index is 12.7. The van der Waals surface area contributed by atoms with Crippen LogP contribution in [0.25, 0.3) is 0 Å². The van der Waals surface area contributed by atoms with Crippen LogP contribution >= 0.6 is 0 Å². The van der Waals surface area contributed by atoms with Gasteiger partial charge < -0.3 is 10.1 Å². The third kappa shape index (κ3) is 2.21. The Morgan fingerprint density at radius 3 is 2.91 bits per heavy atom. The van der Waals surface area contributed by atoms with Crippen LogP contribution in [0.4, 0.5) is 10.5 Å². The van der Waals surface area contributed by atoms with Gasteiger partial charge in [0.15, 0.2) is 0 Å². The number of urea groups is 1. The number of fused-ring (bicyclic) bond motifs is 2. The summed E-state index contributed by atoms with van der Waals surface area (Å²) >= 11 is 0. The zero-order chi connectivity index (χ0) is 14.9. The van der Waals surface area contributed by atoms with Gasteiger partial charge in [-0.3, -0.25) is 4.90 Å². The van der Waals surface area contributed by atoms with E-state index >= 15 is 0 Å². The Morgan fingerprint density at radius 2 is 1.95 bits per heavy atom. The van der Waals surface area contributed by atoms with E-state index in [0.717, 1.165) is 36.4 Å². The second-order valence-corrected chi connectivity index (χ2v) is 5.71. The molecular weight excluding hydrogens is 276 g/mol. The number of amides is 2. The van der Waals surface area contributed by atoms with E-state index in [1.165, 1.54) is 5.56 Å². The number of para-hydroxylation sites is 2. The second-order valence-electron chi connectivity index (χ2n) is 5.71. The first-order chi connectivity index (χ1) is 10.8. The monoisotopic (exact) mass is 294 g/mol. The SMILES string of the molecule is O=C(NC1CCOc2ccccc21)N1CCc2ccccc21. The summed E-state index contributed by atoms with van der Waals surface area (Å²) in [6, 6.07) is 16.0. The molecule has 0 radical (unpaired) electrons. The first-order valence-electron chi connectivity index (χ1n) is 7.70. The van der Waals surface area contributed by atoms with Crippen LogP contribution in [0.2, 0.25) is 0 Å². The van der Waals surface area contributed by atoms with Gasteiger partial charge in [-0.05, 0) is 24.1 Å². The van der Waals surface area contributed by atoms with E-state index < -0.39 is 0 Å². The van der Waals surface area contributed by atoms with Crippen molar-refractivity contribution < 1.29 is 9.53 Å². The van der Waals surface area contributed by atoms with Crippen LogP contribution in [0.3, 0.4) is 0 Å². The lowest BCUT2D eigenvalue weighted by Gasteiger charge is -2.28. The summed E-state index contributed by atoms with van der Waals surface area (Å²) in [5.74, 6) is 0.876. The van der Waals surface area contributed by atoms with Gasteiger partial charge in [-0.1, -0.05) is 36.4 Å². The Kier molecular flexibility index (Phi) is 3.22. The second kappa shape index (κ2) is 5.37. The fourth-order valence-electron chi connectivity index (χ4n) is 3.27. The summed E-state index contributed by atoms with van der Waals surface area (Å²) in [6.07, 6.45) is 1.73. The van der Waals surface area contributed by atoms with Crippen LogP contribution in [0.5, 0.6) is 5.75 Å². The molecule has 1 atom stereocenters. The molecule has 4 rings (SSSR count). The number of ether oxygens (including phenoxy) is 1. The first-order valence-corrected chi connectivity index (χ1v) is 7.70. The van der Waals surface area contributed by atoms with Gasteiger partial charge >= 0.3 is 6.03 Å². The van der Waals surface area contributed by atoms with E-state index in [9.17, 15) is 4.79 Å². The summed E-state index contributed by atoms with van der Waals surface area (Å²) in [6.45, 7) is 1.38. The van der Waals surface area contributed by atoms with Crippen molar-refractivity contribution in [1.29, 1.82) is 0 Å². The van der Waals surface area contributed by atoms with E-state index in [1.807, 2.05) is 47.4 Å². The molecule has 22 heavy (non-hydrogen) atoms. The molecule has 0 aliphatic carbocycles. The molecule has 1 N–H and O–H groups in total. The van der Waals surface area contributed by atoms with Crippen LogP contribution in [-0.2, 0) is 6.42 Å². The standard InChI is InChI=1S/C18H18N2O2/c21-18(20-11-9-13-5-1-3-7-16(13)20)19-15-10-12-22-17-8-4-2-6-14(15)17/h1-8,15H,9-12H2,(H,19,21). The van der Waals surface area contributed by atoms with Gasteiger partial charge in [0.05, 0.1) is 12.6 Å². The zero-order valence-electron chi connectivity index (χ0n) is 12.3. The number of rotatable bonds is 1. The fourth-order valence-corrected chi connectivity index (χ4v) is 3.27. The van der Waals surface area contributed by atoms with Crippen LogP contribution in [-0.4, -0.2) is 19.2 Å². The van der Waals surface area contributed by atoms with Crippen LogP contribution in [0.1, 0.15) is 23.6 Å². The predicted octanol–water partition coefficient (Wildman–Crippen LogP) is 3.28. The van der Waals surface area contributed by atoms with Crippen molar-refractivity contribution in [2.45, 2.75) is 18.9 Å². The Balaban J connectivity index is 1.54. The van der Waals surface area contributed by atoms with E-state index in [-0.39, 0.29) is 12.1 Å². The smallest absolute Gasteiger partial charge is 0.322 e. The minimum Gasteiger partial charge on any atom is -0.493 e. The average molecular weight is 294 g/mol. The first kappa shape index (κ1) is 13.2. The van der Waals surface area contributed by atoms with Crippen molar-refractivity contribution in [1.82, 2.24) is 5.32 Å². The summed E-state index contributed by atoms with van der Waals surface area (Å²) < 4.78 is 5.65. The molecule has 1 unspecified atom stereocenters. The van der Waals surface area contributed by atoms with Crippen molar-refractivity contribution in [3.8, 4) is 5.75 Å². The van der Waals surface area contributed by atoms with Crippen molar-refractivity contribution in [3.05, 3.63) is 59.7 Å². The van der Waals surface area contributed by atoms with Gasteiger partial charge in [0, 0.05) is 24.2 Å². The number of carbonyl (C=O) groups excluding carboxylic acids is 1. The molecule has 112 valence electrons.